The largest absolute Gasteiger partial charge is 0.396 e. The number of aliphatic hydroxyl groups excluding tert-OH is 1. The number of aromatic nitrogens is 3. The van der Waals surface area contributed by atoms with Gasteiger partial charge in [-0.05, 0) is 13.3 Å². The lowest BCUT2D eigenvalue weighted by Gasteiger charge is -2.28. The van der Waals surface area contributed by atoms with E-state index in [0.29, 0.717) is 44.0 Å². The fourth-order valence-electron chi connectivity index (χ4n) is 2.13. The van der Waals surface area contributed by atoms with Gasteiger partial charge in [0.15, 0.2) is 0 Å². The van der Waals surface area contributed by atoms with E-state index < -0.39 is 0 Å². The molecule has 1 aromatic heterocycles. The topological polar surface area (TPSA) is 113 Å². The molecule has 1 aliphatic heterocycles. The number of aliphatic hydroxyl groups is 1. The van der Waals surface area contributed by atoms with Crippen LogP contribution in [0, 0.1) is 0 Å². The summed E-state index contributed by atoms with van der Waals surface area (Å²) in [5.74, 6) is 6.95. The molecule has 0 aromatic carbocycles. The first-order valence-electron chi connectivity index (χ1n) is 7.19. The lowest BCUT2D eigenvalue weighted by Crippen LogP contribution is -2.38. The minimum Gasteiger partial charge on any atom is -0.396 e. The van der Waals surface area contributed by atoms with E-state index >= 15 is 0 Å². The first-order chi connectivity index (χ1) is 10.3. The second kappa shape index (κ2) is 7.91. The van der Waals surface area contributed by atoms with Crippen LogP contribution in [0.5, 0.6) is 0 Å². The van der Waals surface area contributed by atoms with Gasteiger partial charge in [-0.2, -0.15) is 15.0 Å². The number of nitrogens with two attached hydrogens (primary N) is 1. The molecule has 0 spiro atoms. The van der Waals surface area contributed by atoms with Crippen molar-refractivity contribution >= 4 is 17.8 Å². The molecule has 1 aromatic rings. The molecule has 4 N–H and O–H groups in total. The summed E-state index contributed by atoms with van der Waals surface area (Å²) in [5.41, 5.74) is 2.49. The molecule has 0 radical (unpaired) electrons. The molecule has 1 saturated heterocycles. The van der Waals surface area contributed by atoms with E-state index in [-0.39, 0.29) is 6.61 Å². The van der Waals surface area contributed by atoms with Crippen molar-refractivity contribution in [3.05, 3.63) is 0 Å². The molecular weight excluding hydrogens is 274 g/mol. The number of ether oxygens (including phenoxy) is 1. The normalized spacial score (nSPS) is 15.1. The molecule has 0 bridgehead atoms. The number of nitrogens with one attached hydrogen (secondary N) is 1. The molecule has 0 unspecified atom stereocenters. The Labute approximate surface area is 124 Å². The monoisotopic (exact) mass is 297 g/mol. The molecule has 1 fully saturated rings. The van der Waals surface area contributed by atoms with Crippen LogP contribution < -0.4 is 21.1 Å². The molecule has 0 saturated carbocycles. The zero-order valence-electron chi connectivity index (χ0n) is 12.3. The molecule has 2 rings (SSSR count). The Bertz CT molecular complexity index is 440. The summed E-state index contributed by atoms with van der Waals surface area (Å²) < 4.78 is 5.34. The summed E-state index contributed by atoms with van der Waals surface area (Å²) in [6, 6.07) is 0. The van der Waals surface area contributed by atoms with Gasteiger partial charge in [0, 0.05) is 32.8 Å². The number of hydrogen-bond acceptors (Lipinski definition) is 9. The fourth-order valence-corrected chi connectivity index (χ4v) is 2.13. The lowest BCUT2D eigenvalue weighted by molar-refractivity contribution is 0.122. The average Bonchev–Trinajstić information content (AvgIpc) is 2.56. The van der Waals surface area contributed by atoms with Crippen LogP contribution in [-0.2, 0) is 4.74 Å². The Morgan fingerprint density at radius 1 is 1.33 bits per heavy atom. The number of nitrogen functional groups attached to an aromatic ring is 1. The summed E-state index contributed by atoms with van der Waals surface area (Å²) in [6.45, 7) is 6.40. The van der Waals surface area contributed by atoms with Gasteiger partial charge in [-0.25, -0.2) is 5.84 Å². The Hall–Kier alpha value is -1.71. The van der Waals surface area contributed by atoms with Crippen LogP contribution in [-0.4, -0.2) is 66.1 Å². The third-order valence-corrected chi connectivity index (χ3v) is 3.29. The van der Waals surface area contributed by atoms with Crippen LogP contribution in [0.4, 0.5) is 17.8 Å². The number of anilines is 3. The van der Waals surface area contributed by atoms with E-state index in [1.165, 1.54) is 0 Å². The smallest absolute Gasteiger partial charge is 0.243 e. The second-order valence-electron chi connectivity index (χ2n) is 4.66. The van der Waals surface area contributed by atoms with Crippen molar-refractivity contribution in [2.45, 2.75) is 13.3 Å². The molecule has 0 aliphatic carbocycles. The number of hydrazine groups is 1. The van der Waals surface area contributed by atoms with E-state index in [2.05, 4.69) is 25.3 Å². The second-order valence-corrected chi connectivity index (χ2v) is 4.66. The summed E-state index contributed by atoms with van der Waals surface area (Å²) >= 11 is 0. The van der Waals surface area contributed by atoms with Crippen molar-refractivity contribution < 1.29 is 9.84 Å². The molecule has 0 atom stereocenters. The standard InChI is InChI=1S/C12H23N7O2/c1-2-18(4-3-7-20)11-14-10(17-13)15-12(16-11)19-5-8-21-9-6-19/h20H,2-9,13H2,1H3,(H,14,15,16,17). The summed E-state index contributed by atoms with van der Waals surface area (Å²) in [7, 11) is 0. The minimum atomic E-state index is 0.139. The lowest BCUT2D eigenvalue weighted by atomic mass is 10.4. The third-order valence-electron chi connectivity index (χ3n) is 3.29. The van der Waals surface area contributed by atoms with Gasteiger partial charge >= 0.3 is 0 Å². The molecule has 118 valence electrons. The van der Waals surface area contributed by atoms with Crippen molar-refractivity contribution in [3.8, 4) is 0 Å². The van der Waals surface area contributed by atoms with Gasteiger partial charge in [-0.1, -0.05) is 0 Å². The van der Waals surface area contributed by atoms with Crippen LogP contribution in [0.15, 0.2) is 0 Å². The first-order valence-corrected chi connectivity index (χ1v) is 7.19. The van der Waals surface area contributed by atoms with Gasteiger partial charge < -0.3 is 19.6 Å². The minimum absolute atomic E-state index is 0.139. The Morgan fingerprint density at radius 3 is 2.71 bits per heavy atom. The van der Waals surface area contributed by atoms with Crippen LogP contribution in [0.1, 0.15) is 13.3 Å². The highest BCUT2D eigenvalue weighted by atomic mass is 16.5. The van der Waals surface area contributed by atoms with E-state index in [1.54, 1.807) is 0 Å². The van der Waals surface area contributed by atoms with Crippen LogP contribution in [0.25, 0.3) is 0 Å². The van der Waals surface area contributed by atoms with Crippen molar-refractivity contribution in [3.63, 3.8) is 0 Å². The zero-order valence-corrected chi connectivity index (χ0v) is 12.3. The maximum absolute atomic E-state index is 8.98. The Balaban J connectivity index is 2.23. The van der Waals surface area contributed by atoms with Gasteiger partial charge in [-0.3, -0.25) is 5.43 Å². The molecule has 9 nitrogen and oxygen atoms in total. The number of nitrogens with zero attached hydrogens (tertiary/aromatic N) is 5. The van der Waals surface area contributed by atoms with E-state index in [0.717, 1.165) is 19.6 Å². The molecule has 9 heteroatoms. The predicted molar refractivity (Wildman–Crippen MR) is 80.3 cm³/mol. The maximum atomic E-state index is 8.98. The van der Waals surface area contributed by atoms with Crippen LogP contribution in [0.3, 0.4) is 0 Å². The highest BCUT2D eigenvalue weighted by molar-refractivity contribution is 5.45. The van der Waals surface area contributed by atoms with Gasteiger partial charge in [0.2, 0.25) is 17.8 Å². The summed E-state index contributed by atoms with van der Waals surface area (Å²) in [4.78, 5) is 17.2. The molecule has 1 aliphatic rings. The van der Waals surface area contributed by atoms with Gasteiger partial charge in [0.05, 0.1) is 13.2 Å². The van der Waals surface area contributed by atoms with E-state index in [9.17, 15) is 0 Å². The van der Waals surface area contributed by atoms with Crippen molar-refractivity contribution in [2.75, 3.05) is 61.2 Å². The van der Waals surface area contributed by atoms with Gasteiger partial charge in [-0.15, -0.1) is 0 Å². The molecule has 0 amide bonds. The highest BCUT2D eigenvalue weighted by Crippen LogP contribution is 2.17. The first kappa shape index (κ1) is 15.7. The summed E-state index contributed by atoms with van der Waals surface area (Å²) in [5, 5.41) is 8.98. The Kier molecular flexibility index (Phi) is 5.90. The van der Waals surface area contributed by atoms with Gasteiger partial charge in [0.1, 0.15) is 0 Å². The molecular formula is C12H23N7O2. The maximum Gasteiger partial charge on any atom is 0.243 e. The number of rotatable bonds is 7. The van der Waals surface area contributed by atoms with Crippen molar-refractivity contribution in [2.24, 2.45) is 5.84 Å². The molecule has 2 heterocycles. The number of morpholine rings is 1. The third kappa shape index (κ3) is 4.13. The Morgan fingerprint density at radius 2 is 2.10 bits per heavy atom. The van der Waals surface area contributed by atoms with Gasteiger partial charge in [0.25, 0.3) is 0 Å². The van der Waals surface area contributed by atoms with Crippen molar-refractivity contribution in [1.29, 1.82) is 0 Å². The van der Waals surface area contributed by atoms with E-state index in [1.807, 2.05) is 11.8 Å². The summed E-state index contributed by atoms with van der Waals surface area (Å²) in [6.07, 6.45) is 0.664. The predicted octanol–water partition coefficient (Wildman–Crippen LogP) is -0.797. The zero-order chi connectivity index (χ0) is 15.1. The molecule has 21 heavy (non-hydrogen) atoms. The average molecular weight is 297 g/mol. The van der Waals surface area contributed by atoms with Crippen molar-refractivity contribution in [1.82, 2.24) is 15.0 Å². The van der Waals surface area contributed by atoms with Crippen LogP contribution in [0.2, 0.25) is 0 Å². The fraction of sp³-hybridized carbons (Fsp3) is 0.750. The number of hydrogen-bond donors (Lipinski definition) is 3. The van der Waals surface area contributed by atoms with E-state index in [4.69, 9.17) is 15.7 Å². The SMILES string of the molecule is CCN(CCCO)c1nc(NN)nc(N2CCOCC2)n1. The highest BCUT2D eigenvalue weighted by Gasteiger charge is 2.18. The van der Waals surface area contributed by atoms with Crippen LogP contribution >= 0.6 is 0 Å². The quantitative estimate of drug-likeness (QED) is 0.440.